The fourth-order valence-corrected chi connectivity index (χ4v) is 3.42. The van der Waals surface area contributed by atoms with Gasteiger partial charge in [-0.3, -0.25) is 19.2 Å². The lowest BCUT2D eigenvalue weighted by Crippen LogP contribution is -2.57. The average Bonchev–Trinajstić information content (AvgIpc) is 2.76. The van der Waals surface area contributed by atoms with Crippen molar-refractivity contribution in [2.45, 2.75) is 62.7 Å². The van der Waals surface area contributed by atoms with Crippen molar-refractivity contribution in [1.82, 2.24) is 16.0 Å². The summed E-state index contributed by atoms with van der Waals surface area (Å²) in [7, 11) is 0. The van der Waals surface area contributed by atoms with Gasteiger partial charge in [-0.15, -0.1) is 0 Å². The van der Waals surface area contributed by atoms with Crippen molar-refractivity contribution >= 4 is 54.1 Å². The second-order valence-corrected chi connectivity index (χ2v) is 8.66. The molecule has 9 N–H and O–H groups in total. The monoisotopic (exact) mass is 509 g/mol. The fourth-order valence-electron chi connectivity index (χ4n) is 2.68. The average molecular weight is 510 g/mol. The molecule has 0 aromatic carbocycles. The van der Waals surface area contributed by atoms with E-state index in [1.54, 1.807) is 0 Å². The van der Waals surface area contributed by atoms with Crippen LogP contribution in [-0.4, -0.2) is 88.3 Å². The molecule has 33 heavy (non-hydrogen) atoms. The zero-order valence-electron chi connectivity index (χ0n) is 18.6. The molecule has 190 valence electrons. The van der Waals surface area contributed by atoms with Gasteiger partial charge in [0.2, 0.25) is 17.7 Å². The number of thiol groups is 1. The van der Waals surface area contributed by atoms with Crippen LogP contribution in [0.3, 0.4) is 0 Å². The molecule has 0 saturated carbocycles. The molecule has 0 spiro atoms. The molecule has 0 fully saturated rings. The molecule has 0 aromatic heterocycles. The summed E-state index contributed by atoms with van der Waals surface area (Å²) in [5.41, 5.74) is 11.4. The molecule has 0 heterocycles. The van der Waals surface area contributed by atoms with Gasteiger partial charge < -0.3 is 37.6 Å². The highest BCUT2D eigenvalue weighted by Crippen LogP contribution is 2.06. The van der Waals surface area contributed by atoms with Crippen LogP contribution in [0.5, 0.6) is 0 Å². The van der Waals surface area contributed by atoms with Crippen LogP contribution in [0.15, 0.2) is 0 Å². The molecule has 0 saturated heterocycles. The van der Waals surface area contributed by atoms with Crippen molar-refractivity contribution in [1.29, 1.82) is 0 Å². The Morgan fingerprint density at radius 1 is 0.879 bits per heavy atom. The summed E-state index contributed by atoms with van der Waals surface area (Å²) >= 11 is 5.39. The number of carboxylic acids is 2. The molecule has 0 aliphatic heterocycles. The Morgan fingerprint density at radius 2 is 1.42 bits per heavy atom. The molecule has 0 aliphatic carbocycles. The van der Waals surface area contributed by atoms with Crippen LogP contribution < -0.4 is 27.4 Å². The Labute approximate surface area is 202 Å². The van der Waals surface area contributed by atoms with E-state index < -0.39 is 60.2 Å². The highest BCUT2D eigenvalue weighted by atomic mass is 32.2. The first-order valence-electron chi connectivity index (χ1n) is 10.5. The van der Waals surface area contributed by atoms with Crippen molar-refractivity contribution in [3.63, 3.8) is 0 Å². The van der Waals surface area contributed by atoms with Gasteiger partial charge in [0.1, 0.15) is 18.1 Å². The summed E-state index contributed by atoms with van der Waals surface area (Å²) in [6, 6.07) is -4.49. The van der Waals surface area contributed by atoms with Crippen molar-refractivity contribution in [2.75, 3.05) is 24.3 Å². The van der Waals surface area contributed by atoms with Gasteiger partial charge in [0, 0.05) is 12.2 Å². The van der Waals surface area contributed by atoms with E-state index in [1.807, 2.05) is 6.26 Å². The highest BCUT2D eigenvalue weighted by Gasteiger charge is 2.30. The summed E-state index contributed by atoms with van der Waals surface area (Å²) in [6.45, 7) is 0.388. The Morgan fingerprint density at radius 3 is 1.91 bits per heavy atom. The van der Waals surface area contributed by atoms with Gasteiger partial charge in [-0.05, 0) is 50.7 Å². The number of aliphatic carboxylic acids is 2. The maximum absolute atomic E-state index is 12.9. The minimum Gasteiger partial charge on any atom is -0.481 e. The molecule has 0 bridgehead atoms. The van der Waals surface area contributed by atoms with Gasteiger partial charge in [0.05, 0.1) is 6.04 Å². The summed E-state index contributed by atoms with van der Waals surface area (Å²) in [5.74, 6) is -4.16. The van der Waals surface area contributed by atoms with Crippen molar-refractivity contribution in [3.05, 3.63) is 0 Å². The molecule has 14 heteroatoms. The van der Waals surface area contributed by atoms with Crippen LogP contribution in [0.25, 0.3) is 0 Å². The topological polar surface area (TPSA) is 214 Å². The van der Waals surface area contributed by atoms with Gasteiger partial charge in [0.15, 0.2) is 0 Å². The van der Waals surface area contributed by atoms with Crippen LogP contribution in [0, 0.1) is 0 Å². The van der Waals surface area contributed by atoms with Crippen LogP contribution in [0.1, 0.15) is 38.5 Å². The first-order chi connectivity index (χ1) is 15.6. The van der Waals surface area contributed by atoms with Crippen LogP contribution in [0.2, 0.25) is 0 Å². The number of carbonyl (C=O) groups is 5. The van der Waals surface area contributed by atoms with Crippen molar-refractivity contribution in [3.8, 4) is 0 Å². The second-order valence-electron chi connectivity index (χ2n) is 7.31. The minimum absolute atomic E-state index is 0.202. The first kappa shape index (κ1) is 31.0. The number of carboxylic acid groups (broad SMARTS) is 2. The zero-order chi connectivity index (χ0) is 25.4. The van der Waals surface area contributed by atoms with Crippen molar-refractivity contribution < 1.29 is 34.2 Å². The zero-order valence-corrected chi connectivity index (χ0v) is 20.3. The largest absolute Gasteiger partial charge is 0.481 e. The Bertz CT molecular complexity index is 668. The summed E-state index contributed by atoms with van der Waals surface area (Å²) in [5, 5.41) is 25.3. The Hall–Kier alpha value is -2.03. The molecule has 4 atom stereocenters. The van der Waals surface area contributed by atoms with Crippen LogP contribution in [0.4, 0.5) is 0 Å². The van der Waals surface area contributed by atoms with Crippen LogP contribution in [-0.2, 0) is 24.0 Å². The third kappa shape index (κ3) is 13.3. The maximum atomic E-state index is 12.9. The molecule has 0 radical (unpaired) electrons. The molecular formula is C19H35N5O7S2. The summed E-state index contributed by atoms with van der Waals surface area (Å²) in [6.07, 6.45) is 2.91. The molecule has 0 rings (SSSR count). The highest BCUT2D eigenvalue weighted by molar-refractivity contribution is 7.98. The number of hydrogen-bond acceptors (Lipinski definition) is 9. The van der Waals surface area contributed by atoms with E-state index in [4.69, 9.17) is 21.7 Å². The van der Waals surface area contributed by atoms with Gasteiger partial charge in [-0.1, -0.05) is 0 Å². The number of carbonyl (C=O) groups excluding carboxylic acids is 3. The van der Waals surface area contributed by atoms with E-state index in [0.29, 0.717) is 31.6 Å². The normalized spacial score (nSPS) is 14.4. The van der Waals surface area contributed by atoms with Gasteiger partial charge in [-0.2, -0.15) is 24.4 Å². The van der Waals surface area contributed by atoms with Gasteiger partial charge in [-0.25, -0.2) is 4.79 Å². The second kappa shape index (κ2) is 17.4. The molecule has 12 nitrogen and oxygen atoms in total. The first-order valence-corrected chi connectivity index (χ1v) is 12.5. The standard InChI is InChI=1S/C19H35N5O7S2/c1-33-9-7-11(21)16(27)22-12(4-2-3-8-20)17(28)23-13(5-6-15(25)26)18(29)24-14(10-32)19(30)31/h11-14,32H,2-10,20-21H2,1H3,(H,22,27)(H,23,28)(H,24,29)(H,25,26)(H,30,31). The van der Waals surface area contributed by atoms with E-state index in [0.717, 1.165) is 0 Å². The number of amides is 3. The lowest BCUT2D eigenvalue weighted by molar-refractivity contribution is -0.142. The number of unbranched alkanes of at least 4 members (excludes halogenated alkanes) is 1. The fraction of sp³-hybridized carbons (Fsp3) is 0.737. The molecule has 0 aliphatic rings. The van der Waals surface area contributed by atoms with E-state index in [-0.39, 0.29) is 18.6 Å². The Balaban J connectivity index is 5.43. The van der Waals surface area contributed by atoms with E-state index in [2.05, 4.69) is 28.6 Å². The van der Waals surface area contributed by atoms with Gasteiger partial charge >= 0.3 is 11.9 Å². The molecule has 0 aromatic rings. The number of rotatable bonds is 18. The number of thioether (sulfide) groups is 1. The molecule has 4 unspecified atom stereocenters. The van der Waals surface area contributed by atoms with Crippen LogP contribution >= 0.6 is 24.4 Å². The summed E-state index contributed by atoms with van der Waals surface area (Å²) < 4.78 is 0. The number of nitrogens with one attached hydrogen (secondary N) is 3. The van der Waals surface area contributed by atoms with E-state index in [9.17, 15) is 24.0 Å². The quantitative estimate of drug-likeness (QED) is 0.0793. The lowest BCUT2D eigenvalue weighted by atomic mass is 10.1. The number of nitrogens with two attached hydrogens (primary N) is 2. The van der Waals surface area contributed by atoms with Gasteiger partial charge in [0.25, 0.3) is 0 Å². The predicted octanol–water partition coefficient (Wildman–Crippen LogP) is -1.47. The number of hydrogen-bond donors (Lipinski definition) is 8. The third-order valence-electron chi connectivity index (χ3n) is 4.63. The smallest absolute Gasteiger partial charge is 0.327 e. The van der Waals surface area contributed by atoms with E-state index >= 15 is 0 Å². The molecule has 3 amide bonds. The molecular weight excluding hydrogens is 474 g/mol. The Kier molecular flexibility index (Phi) is 16.4. The van der Waals surface area contributed by atoms with Crippen molar-refractivity contribution in [2.24, 2.45) is 11.5 Å². The maximum Gasteiger partial charge on any atom is 0.327 e. The summed E-state index contributed by atoms with van der Waals surface area (Å²) in [4.78, 5) is 60.0. The minimum atomic E-state index is -1.33. The third-order valence-corrected chi connectivity index (χ3v) is 5.64. The predicted molar refractivity (Wildman–Crippen MR) is 128 cm³/mol. The lowest BCUT2D eigenvalue weighted by Gasteiger charge is -2.25. The van der Waals surface area contributed by atoms with E-state index in [1.165, 1.54) is 11.8 Å². The SMILES string of the molecule is CSCCC(N)C(=O)NC(CCCCN)C(=O)NC(CCC(=O)O)C(=O)NC(CS)C(=O)O.